The van der Waals surface area contributed by atoms with Crippen LogP contribution in [0.1, 0.15) is 17.4 Å². The van der Waals surface area contributed by atoms with E-state index in [2.05, 4.69) is 30.9 Å². The van der Waals surface area contributed by atoms with Crippen molar-refractivity contribution in [1.29, 1.82) is 0 Å². The number of halogens is 5. The average Bonchev–Trinajstić information content (AvgIpc) is 3.04. The molecule has 1 saturated heterocycles. The van der Waals surface area contributed by atoms with Gasteiger partial charge in [-0.25, -0.2) is 0 Å². The van der Waals surface area contributed by atoms with Gasteiger partial charge in [0.2, 0.25) is 0 Å². The van der Waals surface area contributed by atoms with Crippen LogP contribution in [-0.2, 0) is 0 Å². The Kier molecular flexibility index (Phi) is 6.79. The summed E-state index contributed by atoms with van der Waals surface area (Å²) in [5.74, 6) is 0.368. The van der Waals surface area contributed by atoms with Crippen LogP contribution in [0.5, 0.6) is 5.75 Å². The molecule has 1 fully saturated rings. The predicted octanol–water partition coefficient (Wildman–Crippen LogP) is 4.36. The van der Waals surface area contributed by atoms with Crippen molar-refractivity contribution in [2.75, 3.05) is 26.2 Å². The zero-order valence-electron chi connectivity index (χ0n) is 13.1. The molecule has 25 heavy (non-hydrogen) atoms. The lowest BCUT2D eigenvalue weighted by Crippen LogP contribution is -2.45. The third-order valence-electron chi connectivity index (χ3n) is 3.82. The maximum absolute atomic E-state index is 12.8. The summed E-state index contributed by atoms with van der Waals surface area (Å²) in [6, 6.07) is 7.55. The number of nitrogens with zero attached hydrogens (tertiary/aromatic N) is 1. The van der Waals surface area contributed by atoms with Crippen molar-refractivity contribution < 1.29 is 22.3 Å². The van der Waals surface area contributed by atoms with Crippen molar-refractivity contribution >= 4 is 28.3 Å². The largest absolute Gasteiger partial charge is 0.573 e. The molecule has 3 rings (SSSR count). The van der Waals surface area contributed by atoms with E-state index in [9.17, 15) is 13.2 Å². The number of nitrogens with one attached hydrogen (secondary N) is 1. The van der Waals surface area contributed by atoms with Crippen molar-refractivity contribution in [1.82, 2.24) is 10.2 Å². The smallest absolute Gasteiger partial charge is 0.467 e. The van der Waals surface area contributed by atoms with Crippen LogP contribution < -0.4 is 10.1 Å². The molecule has 2 aromatic rings. The standard InChI is InChI=1S/C16H16BrF3N2O2.ClH/c17-11-3-4-13(24-16(18,19)20)12(10-11)15(14-2-1-9-23-14)22-7-5-21-6-8-22;/h1-4,9-10,15,21H,5-8H2;1H/t15-;/m0./s1. The number of alkyl halides is 3. The monoisotopic (exact) mass is 440 g/mol. The van der Waals surface area contributed by atoms with Gasteiger partial charge >= 0.3 is 6.36 Å². The highest BCUT2D eigenvalue weighted by Gasteiger charge is 2.35. The van der Waals surface area contributed by atoms with E-state index in [1.54, 1.807) is 18.2 Å². The lowest BCUT2D eigenvalue weighted by Gasteiger charge is -2.34. The number of piperazine rings is 1. The number of ether oxygens (including phenoxy) is 1. The van der Waals surface area contributed by atoms with Crippen LogP contribution in [0, 0.1) is 0 Å². The van der Waals surface area contributed by atoms with Crippen molar-refractivity contribution in [2.45, 2.75) is 12.4 Å². The molecule has 9 heteroatoms. The van der Waals surface area contributed by atoms with E-state index in [0.29, 0.717) is 28.9 Å². The number of rotatable bonds is 4. The molecule has 1 aromatic heterocycles. The molecule has 4 nitrogen and oxygen atoms in total. The Labute approximate surface area is 157 Å². The highest BCUT2D eigenvalue weighted by atomic mass is 79.9. The molecule has 1 aliphatic rings. The summed E-state index contributed by atoms with van der Waals surface area (Å²) in [6.07, 6.45) is -3.23. The summed E-state index contributed by atoms with van der Waals surface area (Å²) < 4.78 is 48.8. The summed E-state index contributed by atoms with van der Waals surface area (Å²) in [4.78, 5) is 2.08. The Morgan fingerprint density at radius 1 is 1.20 bits per heavy atom. The van der Waals surface area contributed by atoms with Gasteiger partial charge in [-0.15, -0.1) is 25.6 Å². The fourth-order valence-corrected chi connectivity index (χ4v) is 3.25. The highest BCUT2D eigenvalue weighted by Crippen LogP contribution is 2.38. The van der Waals surface area contributed by atoms with Gasteiger partial charge in [-0.1, -0.05) is 15.9 Å². The minimum Gasteiger partial charge on any atom is -0.467 e. The Bertz CT molecular complexity index is 677. The van der Waals surface area contributed by atoms with Crippen molar-refractivity contribution in [2.24, 2.45) is 0 Å². The van der Waals surface area contributed by atoms with Crippen LogP contribution in [0.3, 0.4) is 0 Å². The predicted molar refractivity (Wildman–Crippen MR) is 93.1 cm³/mol. The van der Waals surface area contributed by atoms with Crippen LogP contribution in [-0.4, -0.2) is 37.4 Å². The van der Waals surface area contributed by atoms with E-state index in [4.69, 9.17) is 4.42 Å². The van der Waals surface area contributed by atoms with Crippen LogP contribution in [0.4, 0.5) is 13.2 Å². The first-order valence-electron chi connectivity index (χ1n) is 7.47. The van der Waals surface area contributed by atoms with Crippen molar-refractivity contribution in [3.05, 3.63) is 52.4 Å². The van der Waals surface area contributed by atoms with Gasteiger partial charge in [-0.3, -0.25) is 4.90 Å². The Morgan fingerprint density at radius 2 is 1.92 bits per heavy atom. The molecule has 1 aliphatic heterocycles. The fraction of sp³-hybridized carbons (Fsp3) is 0.375. The van der Waals surface area contributed by atoms with E-state index < -0.39 is 12.4 Å². The minimum atomic E-state index is -4.75. The van der Waals surface area contributed by atoms with E-state index in [-0.39, 0.29) is 18.2 Å². The molecule has 0 unspecified atom stereocenters. The van der Waals surface area contributed by atoms with Crippen LogP contribution in [0.2, 0.25) is 0 Å². The third kappa shape index (κ3) is 5.13. The van der Waals surface area contributed by atoms with E-state index >= 15 is 0 Å². The number of furan rings is 1. The molecule has 1 N–H and O–H groups in total. The molecule has 0 aliphatic carbocycles. The van der Waals surface area contributed by atoms with E-state index in [1.165, 1.54) is 18.4 Å². The van der Waals surface area contributed by atoms with Gasteiger partial charge < -0.3 is 14.5 Å². The summed E-state index contributed by atoms with van der Waals surface area (Å²) in [5.41, 5.74) is 0.415. The third-order valence-corrected chi connectivity index (χ3v) is 4.31. The van der Waals surface area contributed by atoms with Crippen molar-refractivity contribution in [3.8, 4) is 5.75 Å². The summed E-state index contributed by atoms with van der Waals surface area (Å²) in [5, 5.41) is 3.24. The minimum absolute atomic E-state index is 0. The quantitative estimate of drug-likeness (QED) is 0.765. The zero-order chi connectivity index (χ0) is 17.2. The number of benzene rings is 1. The normalized spacial score (nSPS) is 17.0. The average molecular weight is 442 g/mol. The van der Waals surface area contributed by atoms with Crippen LogP contribution in [0.15, 0.2) is 45.5 Å². The first-order chi connectivity index (χ1) is 11.4. The topological polar surface area (TPSA) is 37.6 Å². The lowest BCUT2D eigenvalue weighted by molar-refractivity contribution is -0.275. The van der Waals surface area contributed by atoms with Gasteiger partial charge in [0.25, 0.3) is 0 Å². The van der Waals surface area contributed by atoms with Gasteiger partial charge in [0.15, 0.2) is 0 Å². The first-order valence-corrected chi connectivity index (χ1v) is 8.27. The highest BCUT2D eigenvalue weighted by molar-refractivity contribution is 9.10. The maximum Gasteiger partial charge on any atom is 0.573 e. The van der Waals surface area contributed by atoms with Gasteiger partial charge in [-0.2, -0.15) is 0 Å². The van der Waals surface area contributed by atoms with Crippen molar-refractivity contribution in [3.63, 3.8) is 0 Å². The van der Waals surface area contributed by atoms with E-state index in [1.807, 2.05) is 0 Å². The Hall–Kier alpha value is -1.22. The molecule has 1 atom stereocenters. The SMILES string of the molecule is Cl.FC(F)(F)Oc1ccc(Br)cc1[C@@H](c1ccco1)N1CCNCC1. The second kappa shape index (κ2) is 8.44. The second-order valence-electron chi connectivity index (χ2n) is 5.43. The molecule has 0 radical (unpaired) electrons. The summed E-state index contributed by atoms with van der Waals surface area (Å²) >= 11 is 3.33. The molecule has 138 valence electrons. The molecule has 0 amide bonds. The van der Waals surface area contributed by atoms with Gasteiger partial charge in [0, 0.05) is 36.2 Å². The number of hydrogen-bond acceptors (Lipinski definition) is 4. The van der Waals surface area contributed by atoms with Gasteiger partial charge in [0.05, 0.1) is 12.3 Å². The van der Waals surface area contributed by atoms with Gasteiger partial charge in [-0.05, 0) is 30.3 Å². The van der Waals surface area contributed by atoms with Crippen LogP contribution in [0.25, 0.3) is 0 Å². The second-order valence-corrected chi connectivity index (χ2v) is 6.35. The van der Waals surface area contributed by atoms with Gasteiger partial charge in [0.1, 0.15) is 11.5 Å². The molecule has 0 spiro atoms. The first kappa shape index (κ1) is 20.1. The summed E-state index contributed by atoms with van der Waals surface area (Å²) in [7, 11) is 0. The fourth-order valence-electron chi connectivity index (χ4n) is 2.87. The van der Waals surface area contributed by atoms with Crippen LogP contribution >= 0.6 is 28.3 Å². The molecular formula is C16H17BrClF3N2O2. The number of hydrogen-bond donors (Lipinski definition) is 1. The molecular weight excluding hydrogens is 425 g/mol. The summed E-state index contributed by atoms with van der Waals surface area (Å²) in [6.45, 7) is 2.92. The maximum atomic E-state index is 12.8. The molecule has 0 bridgehead atoms. The Morgan fingerprint density at radius 3 is 2.52 bits per heavy atom. The lowest BCUT2D eigenvalue weighted by atomic mass is 10.0. The zero-order valence-corrected chi connectivity index (χ0v) is 15.5. The Balaban J connectivity index is 0.00000225. The molecule has 0 saturated carbocycles. The molecule has 1 aromatic carbocycles. The molecule has 2 heterocycles. The van der Waals surface area contributed by atoms with E-state index in [0.717, 1.165) is 13.1 Å².